The van der Waals surface area contributed by atoms with Crippen molar-refractivity contribution >= 4 is 12.0 Å². The minimum absolute atomic E-state index is 0.0953. The van der Waals surface area contributed by atoms with E-state index in [-0.39, 0.29) is 5.57 Å². The molecule has 0 heterocycles. The number of hydrogen-bond donors (Lipinski definition) is 0. The summed E-state index contributed by atoms with van der Waals surface area (Å²) in [6.07, 6.45) is 1.43. The van der Waals surface area contributed by atoms with Gasteiger partial charge in [0.15, 0.2) is 11.5 Å². The Kier molecular flexibility index (Phi) is 6.11. The van der Waals surface area contributed by atoms with Crippen molar-refractivity contribution in [3.63, 3.8) is 0 Å². The van der Waals surface area contributed by atoms with Crippen LogP contribution in [0.1, 0.15) is 19.4 Å². The van der Waals surface area contributed by atoms with Crippen LogP contribution in [0.4, 0.5) is 0 Å². The monoisotopic (exact) mass is 275 g/mol. The highest BCUT2D eigenvalue weighted by Gasteiger charge is 2.13. The first kappa shape index (κ1) is 15.6. The van der Waals surface area contributed by atoms with Crippen molar-refractivity contribution in [1.82, 2.24) is 0 Å². The fraction of sp³-hybridized carbons (Fsp3) is 0.333. The molecule has 1 aromatic carbocycles. The lowest BCUT2D eigenvalue weighted by atomic mass is 10.1. The maximum Gasteiger partial charge on any atom is 0.348 e. The molecule has 0 aliphatic heterocycles. The van der Waals surface area contributed by atoms with Gasteiger partial charge in [0.1, 0.15) is 11.6 Å². The van der Waals surface area contributed by atoms with E-state index in [1.807, 2.05) is 19.9 Å². The molecule has 5 nitrogen and oxygen atoms in total. The summed E-state index contributed by atoms with van der Waals surface area (Å²) in [6, 6.07) is 7.10. The lowest BCUT2D eigenvalue weighted by Crippen LogP contribution is -2.04. The second kappa shape index (κ2) is 7.85. The number of carbonyl (C=O) groups excluding carboxylic acids is 1. The summed E-state index contributed by atoms with van der Waals surface area (Å²) in [6.45, 7) is 4.66. The Morgan fingerprint density at radius 3 is 2.55 bits per heavy atom. The van der Waals surface area contributed by atoms with Crippen molar-refractivity contribution in [2.75, 3.05) is 20.3 Å². The average Bonchev–Trinajstić information content (AvgIpc) is 2.47. The highest BCUT2D eigenvalue weighted by atomic mass is 16.5. The molecular weight excluding hydrogens is 258 g/mol. The molecular formula is C15H17NO4. The van der Waals surface area contributed by atoms with Crippen LogP contribution in [-0.4, -0.2) is 26.3 Å². The molecule has 0 amide bonds. The lowest BCUT2D eigenvalue weighted by molar-refractivity contribution is -0.135. The maximum absolute atomic E-state index is 11.4. The molecule has 0 aromatic heterocycles. The van der Waals surface area contributed by atoms with Gasteiger partial charge in [0, 0.05) is 5.56 Å². The Morgan fingerprint density at radius 2 is 2.00 bits per heavy atom. The van der Waals surface area contributed by atoms with Crippen LogP contribution in [0.25, 0.3) is 6.08 Å². The molecule has 1 aromatic rings. The van der Waals surface area contributed by atoms with E-state index in [4.69, 9.17) is 14.7 Å². The van der Waals surface area contributed by atoms with E-state index >= 15 is 0 Å². The second-order valence-electron chi connectivity index (χ2n) is 3.70. The summed E-state index contributed by atoms with van der Waals surface area (Å²) in [5, 5.41) is 8.99. The lowest BCUT2D eigenvalue weighted by Gasteiger charge is -2.13. The predicted octanol–water partition coefficient (Wildman–Crippen LogP) is 2.56. The number of ether oxygens (including phenoxy) is 3. The SMILES string of the molecule is CCOc1cccc(C=C(C#N)C(=O)OC)c1OCC. The smallest absolute Gasteiger partial charge is 0.348 e. The van der Waals surface area contributed by atoms with Gasteiger partial charge in [-0.3, -0.25) is 0 Å². The van der Waals surface area contributed by atoms with Gasteiger partial charge in [-0.2, -0.15) is 5.26 Å². The highest BCUT2D eigenvalue weighted by molar-refractivity contribution is 5.98. The van der Waals surface area contributed by atoms with E-state index in [0.717, 1.165) is 0 Å². The molecule has 5 heteroatoms. The Morgan fingerprint density at radius 1 is 1.30 bits per heavy atom. The van der Waals surface area contributed by atoms with Crippen LogP contribution in [0.15, 0.2) is 23.8 Å². The van der Waals surface area contributed by atoms with Gasteiger partial charge in [0.2, 0.25) is 0 Å². The Labute approximate surface area is 118 Å². The zero-order valence-corrected chi connectivity index (χ0v) is 11.8. The van der Waals surface area contributed by atoms with Gasteiger partial charge >= 0.3 is 5.97 Å². The quantitative estimate of drug-likeness (QED) is 0.453. The Bertz CT molecular complexity index is 543. The van der Waals surface area contributed by atoms with Crippen molar-refractivity contribution in [3.05, 3.63) is 29.3 Å². The zero-order valence-electron chi connectivity index (χ0n) is 11.8. The molecule has 0 bridgehead atoms. The maximum atomic E-state index is 11.4. The normalized spacial score (nSPS) is 10.6. The summed E-state index contributed by atoms with van der Waals surface area (Å²) < 4.78 is 15.6. The molecule has 0 saturated heterocycles. The summed E-state index contributed by atoms with van der Waals surface area (Å²) >= 11 is 0. The molecule has 0 aliphatic carbocycles. The zero-order chi connectivity index (χ0) is 15.0. The summed E-state index contributed by atoms with van der Waals surface area (Å²) in [7, 11) is 1.23. The third-order valence-corrected chi connectivity index (χ3v) is 2.42. The first-order valence-electron chi connectivity index (χ1n) is 6.26. The molecule has 0 unspecified atom stereocenters. The van der Waals surface area contributed by atoms with Crippen LogP contribution in [0.2, 0.25) is 0 Å². The Balaban J connectivity index is 3.29. The summed E-state index contributed by atoms with van der Waals surface area (Å²) in [5.41, 5.74) is 0.502. The van der Waals surface area contributed by atoms with Crippen LogP contribution in [0.5, 0.6) is 11.5 Å². The fourth-order valence-electron chi connectivity index (χ4n) is 1.62. The van der Waals surface area contributed by atoms with Crippen molar-refractivity contribution < 1.29 is 19.0 Å². The van der Waals surface area contributed by atoms with Crippen LogP contribution >= 0.6 is 0 Å². The van der Waals surface area contributed by atoms with Gasteiger partial charge in [-0.05, 0) is 26.0 Å². The van der Waals surface area contributed by atoms with E-state index < -0.39 is 5.97 Å². The number of rotatable bonds is 6. The van der Waals surface area contributed by atoms with E-state index in [9.17, 15) is 4.79 Å². The third kappa shape index (κ3) is 3.75. The second-order valence-corrected chi connectivity index (χ2v) is 3.70. The van der Waals surface area contributed by atoms with Crippen LogP contribution in [0.3, 0.4) is 0 Å². The van der Waals surface area contributed by atoms with Gasteiger partial charge in [0.05, 0.1) is 20.3 Å². The number of benzene rings is 1. The highest BCUT2D eigenvalue weighted by Crippen LogP contribution is 2.33. The Hall–Kier alpha value is -2.48. The van der Waals surface area contributed by atoms with E-state index in [1.54, 1.807) is 18.2 Å². The van der Waals surface area contributed by atoms with Gasteiger partial charge in [0.25, 0.3) is 0 Å². The molecule has 0 spiro atoms. The molecule has 1 rings (SSSR count). The topological polar surface area (TPSA) is 68.5 Å². The first-order valence-corrected chi connectivity index (χ1v) is 6.26. The molecule has 0 fully saturated rings. The average molecular weight is 275 g/mol. The van der Waals surface area contributed by atoms with Gasteiger partial charge in [-0.15, -0.1) is 0 Å². The van der Waals surface area contributed by atoms with E-state index in [2.05, 4.69) is 4.74 Å². The standard InChI is InChI=1S/C15H17NO4/c1-4-19-13-8-6-7-11(14(13)20-5-2)9-12(10-16)15(17)18-3/h6-9H,4-5H2,1-3H3. The molecule has 0 N–H and O–H groups in total. The van der Waals surface area contributed by atoms with E-state index in [1.165, 1.54) is 13.2 Å². The number of methoxy groups -OCH3 is 1. The predicted molar refractivity (Wildman–Crippen MR) is 74.4 cm³/mol. The number of esters is 1. The van der Waals surface area contributed by atoms with Crippen molar-refractivity contribution in [3.8, 4) is 17.6 Å². The minimum Gasteiger partial charge on any atom is -0.490 e. The third-order valence-electron chi connectivity index (χ3n) is 2.42. The van der Waals surface area contributed by atoms with Crippen LogP contribution in [-0.2, 0) is 9.53 Å². The molecule has 106 valence electrons. The van der Waals surface area contributed by atoms with Crippen molar-refractivity contribution in [2.24, 2.45) is 0 Å². The van der Waals surface area contributed by atoms with Crippen molar-refractivity contribution in [1.29, 1.82) is 5.26 Å². The summed E-state index contributed by atoms with van der Waals surface area (Å²) in [4.78, 5) is 11.4. The largest absolute Gasteiger partial charge is 0.490 e. The molecule has 0 aliphatic rings. The van der Waals surface area contributed by atoms with Gasteiger partial charge in [-0.1, -0.05) is 12.1 Å². The fourth-order valence-corrected chi connectivity index (χ4v) is 1.62. The molecule has 0 radical (unpaired) electrons. The first-order chi connectivity index (χ1) is 9.67. The minimum atomic E-state index is -0.684. The number of hydrogen-bond acceptors (Lipinski definition) is 5. The number of para-hydroxylation sites is 1. The molecule has 0 saturated carbocycles. The van der Waals surface area contributed by atoms with Crippen LogP contribution in [0, 0.1) is 11.3 Å². The van der Waals surface area contributed by atoms with E-state index in [0.29, 0.717) is 30.3 Å². The molecule has 0 atom stereocenters. The number of carbonyl (C=O) groups is 1. The van der Waals surface area contributed by atoms with Crippen molar-refractivity contribution in [2.45, 2.75) is 13.8 Å². The van der Waals surface area contributed by atoms with Gasteiger partial charge in [-0.25, -0.2) is 4.79 Å². The number of nitrogens with zero attached hydrogens (tertiary/aromatic N) is 1. The molecule has 20 heavy (non-hydrogen) atoms. The van der Waals surface area contributed by atoms with Crippen LogP contribution < -0.4 is 9.47 Å². The van der Waals surface area contributed by atoms with Gasteiger partial charge < -0.3 is 14.2 Å². The number of nitriles is 1. The summed E-state index contributed by atoms with van der Waals surface area (Å²) in [5.74, 6) is 0.399.